The molecule has 0 spiro atoms. The van der Waals surface area contributed by atoms with Crippen LogP contribution in [0.25, 0.3) is 0 Å². The number of hydrogen-bond acceptors (Lipinski definition) is 3. The van der Waals surface area contributed by atoms with Gasteiger partial charge in [-0.25, -0.2) is 0 Å². The van der Waals surface area contributed by atoms with Crippen molar-refractivity contribution in [2.45, 2.75) is 20.4 Å². The van der Waals surface area contributed by atoms with Crippen molar-refractivity contribution in [2.24, 2.45) is 5.73 Å². The molecule has 0 saturated heterocycles. The van der Waals surface area contributed by atoms with E-state index in [0.717, 1.165) is 24.4 Å². The summed E-state index contributed by atoms with van der Waals surface area (Å²) < 4.78 is 0. The van der Waals surface area contributed by atoms with Crippen molar-refractivity contribution < 1.29 is 4.79 Å². The lowest BCUT2D eigenvalue weighted by atomic mass is 10.2. The molecule has 0 radical (unpaired) electrons. The van der Waals surface area contributed by atoms with Crippen LogP contribution < -0.4 is 11.3 Å². The first-order chi connectivity index (χ1) is 8.43. The fraction of sp³-hybridized carbons (Fsp3) is 0.385. The summed E-state index contributed by atoms with van der Waals surface area (Å²) in [6.07, 6.45) is 0. The highest BCUT2D eigenvalue weighted by Crippen LogP contribution is 2.03. The van der Waals surface area contributed by atoms with E-state index in [9.17, 15) is 9.59 Å². The van der Waals surface area contributed by atoms with Gasteiger partial charge in [-0.15, -0.1) is 0 Å². The summed E-state index contributed by atoms with van der Waals surface area (Å²) in [4.78, 5) is 27.3. The number of pyridine rings is 1. The predicted molar refractivity (Wildman–Crippen MR) is 71.3 cm³/mol. The summed E-state index contributed by atoms with van der Waals surface area (Å²) in [5, 5.41) is 0. The molecule has 1 rings (SSSR count). The van der Waals surface area contributed by atoms with Crippen LogP contribution >= 0.6 is 0 Å². The number of nitrogens with zero attached hydrogens (tertiary/aromatic N) is 1. The molecule has 0 unspecified atom stereocenters. The molecule has 0 aliphatic heterocycles. The van der Waals surface area contributed by atoms with Gasteiger partial charge in [0.05, 0.1) is 0 Å². The molecule has 0 bridgehead atoms. The molecule has 0 aliphatic carbocycles. The van der Waals surface area contributed by atoms with Crippen LogP contribution in [0.15, 0.2) is 29.1 Å². The third kappa shape index (κ3) is 3.85. The number of hydrogen-bond donors (Lipinski definition) is 2. The van der Waals surface area contributed by atoms with E-state index in [0.29, 0.717) is 6.54 Å². The van der Waals surface area contributed by atoms with Gasteiger partial charge >= 0.3 is 0 Å². The zero-order valence-corrected chi connectivity index (χ0v) is 10.8. The molecule has 98 valence electrons. The van der Waals surface area contributed by atoms with Crippen molar-refractivity contribution >= 4 is 5.91 Å². The van der Waals surface area contributed by atoms with Crippen LogP contribution in [0.3, 0.4) is 0 Å². The lowest BCUT2D eigenvalue weighted by molar-refractivity contribution is 0.0999. The van der Waals surface area contributed by atoms with Gasteiger partial charge in [-0.3, -0.25) is 14.5 Å². The molecule has 0 atom stereocenters. The Morgan fingerprint density at radius 3 is 2.61 bits per heavy atom. The normalized spacial score (nSPS) is 10.6. The van der Waals surface area contributed by atoms with E-state index < -0.39 is 11.5 Å². The first-order valence-corrected chi connectivity index (χ1v) is 5.82. The minimum Gasteiger partial charge on any atom is -0.365 e. The molecule has 1 aromatic heterocycles. The highest BCUT2D eigenvalue weighted by molar-refractivity contribution is 5.92. The third-order valence-corrected chi connectivity index (χ3v) is 2.57. The van der Waals surface area contributed by atoms with Crippen LogP contribution in [0.5, 0.6) is 0 Å². The van der Waals surface area contributed by atoms with Crippen LogP contribution in [0.2, 0.25) is 0 Å². The average Bonchev–Trinajstić information content (AvgIpc) is 2.27. The molecule has 18 heavy (non-hydrogen) atoms. The van der Waals surface area contributed by atoms with E-state index in [-0.39, 0.29) is 5.56 Å². The molecule has 1 amide bonds. The zero-order chi connectivity index (χ0) is 13.7. The Bertz CT molecular complexity index is 505. The van der Waals surface area contributed by atoms with Crippen molar-refractivity contribution in [1.82, 2.24) is 9.88 Å². The highest BCUT2D eigenvalue weighted by Gasteiger charge is 2.09. The highest BCUT2D eigenvalue weighted by atomic mass is 16.2. The van der Waals surface area contributed by atoms with Gasteiger partial charge in [0.1, 0.15) is 5.56 Å². The second-order valence-electron chi connectivity index (χ2n) is 4.35. The molecule has 0 fully saturated rings. The molecular weight excluding hydrogens is 230 g/mol. The maximum absolute atomic E-state index is 11.6. The van der Waals surface area contributed by atoms with Crippen molar-refractivity contribution in [2.75, 3.05) is 13.1 Å². The van der Waals surface area contributed by atoms with Gasteiger partial charge in [0, 0.05) is 18.8 Å². The van der Waals surface area contributed by atoms with Gasteiger partial charge in [-0.05, 0) is 25.6 Å². The number of aromatic amines is 1. The Balaban J connectivity index is 2.85. The number of carbonyl (C=O) groups excluding carboxylic acids is 1. The lowest BCUT2D eigenvalue weighted by Crippen LogP contribution is -2.28. The fourth-order valence-corrected chi connectivity index (χ4v) is 1.70. The van der Waals surface area contributed by atoms with E-state index in [2.05, 4.69) is 16.5 Å². The third-order valence-electron chi connectivity index (χ3n) is 2.57. The van der Waals surface area contributed by atoms with Gasteiger partial charge in [0.15, 0.2) is 0 Å². The van der Waals surface area contributed by atoms with Gasteiger partial charge < -0.3 is 10.7 Å². The quantitative estimate of drug-likeness (QED) is 0.734. The number of rotatable bonds is 6. The van der Waals surface area contributed by atoms with E-state index in [4.69, 9.17) is 5.73 Å². The van der Waals surface area contributed by atoms with E-state index in [1.54, 1.807) is 6.07 Å². The number of amides is 1. The number of aromatic nitrogens is 1. The molecule has 0 aliphatic rings. The first-order valence-electron chi connectivity index (χ1n) is 5.82. The monoisotopic (exact) mass is 249 g/mol. The Labute approximate surface area is 106 Å². The molecule has 1 heterocycles. The molecule has 0 saturated carbocycles. The largest absolute Gasteiger partial charge is 0.365 e. The maximum atomic E-state index is 11.6. The van der Waals surface area contributed by atoms with Gasteiger partial charge in [-0.2, -0.15) is 0 Å². The Morgan fingerprint density at radius 2 is 2.17 bits per heavy atom. The minimum atomic E-state index is -0.711. The van der Waals surface area contributed by atoms with Crippen LogP contribution in [0, 0.1) is 0 Å². The SMILES string of the molecule is C=C(C)CN(CC)Cc1ccc(C(N)=O)c(=O)[nH]1. The topological polar surface area (TPSA) is 79.2 Å². The first kappa shape index (κ1) is 14.2. The molecule has 1 aromatic rings. The van der Waals surface area contributed by atoms with E-state index in [1.807, 2.05) is 13.8 Å². The smallest absolute Gasteiger partial charge is 0.261 e. The number of nitrogens with one attached hydrogen (secondary N) is 1. The summed E-state index contributed by atoms with van der Waals surface area (Å²) in [6.45, 7) is 10.1. The Kier molecular flexibility index (Phi) is 4.85. The van der Waals surface area contributed by atoms with Gasteiger partial charge in [-0.1, -0.05) is 19.1 Å². The molecule has 5 heteroatoms. The summed E-state index contributed by atoms with van der Waals surface area (Å²) in [5.41, 5.74) is 6.45. The van der Waals surface area contributed by atoms with Gasteiger partial charge in [0.25, 0.3) is 11.5 Å². The standard InChI is InChI=1S/C13H19N3O2/c1-4-16(7-9(2)3)8-10-5-6-11(12(14)17)13(18)15-10/h5-6H,2,4,7-8H2,1,3H3,(H2,14,17)(H,15,18). The van der Waals surface area contributed by atoms with Crippen molar-refractivity contribution in [3.8, 4) is 0 Å². The van der Waals surface area contributed by atoms with Crippen LogP contribution in [0.1, 0.15) is 29.9 Å². The van der Waals surface area contributed by atoms with E-state index in [1.165, 1.54) is 6.07 Å². The number of H-pyrrole nitrogens is 1. The van der Waals surface area contributed by atoms with Crippen molar-refractivity contribution in [3.63, 3.8) is 0 Å². The summed E-state index contributed by atoms with van der Waals surface area (Å²) in [5.74, 6) is -0.711. The number of nitrogens with two attached hydrogens (primary N) is 1. The second kappa shape index (κ2) is 6.16. The predicted octanol–water partition coefficient (Wildman–Crippen LogP) is 0.872. The van der Waals surface area contributed by atoms with Gasteiger partial charge in [0.2, 0.25) is 0 Å². The lowest BCUT2D eigenvalue weighted by Gasteiger charge is -2.20. The second-order valence-corrected chi connectivity index (χ2v) is 4.35. The maximum Gasteiger partial charge on any atom is 0.261 e. The van der Waals surface area contributed by atoms with E-state index >= 15 is 0 Å². The molecular formula is C13H19N3O2. The number of likely N-dealkylation sites (N-methyl/N-ethyl adjacent to an activating group) is 1. The Morgan fingerprint density at radius 1 is 1.50 bits per heavy atom. The molecule has 3 N–H and O–H groups in total. The van der Waals surface area contributed by atoms with Crippen LogP contribution in [0.4, 0.5) is 0 Å². The Hall–Kier alpha value is -1.88. The summed E-state index contributed by atoms with van der Waals surface area (Å²) in [7, 11) is 0. The molecule has 0 aromatic carbocycles. The van der Waals surface area contributed by atoms with Crippen molar-refractivity contribution in [1.29, 1.82) is 0 Å². The van der Waals surface area contributed by atoms with Crippen LogP contribution in [-0.4, -0.2) is 28.9 Å². The zero-order valence-electron chi connectivity index (χ0n) is 10.8. The van der Waals surface area contributed by atoms with Crippen LogP contribution in [-0.2, 0) is 6.54 Å². The minimum absolute atomic E-state index is 0.0123. The molecule has 5 nitrogen and oxygen atoms in total. The van der Waals surface area contributed by atoms with Crippen molar-refractivity contribution in [3.05, 3.63) is 45.9 Å². The number of carbonyl (C=O) groups is 1. The number of primary amides is 1. The summed E-state index contributed by atoms with van der Waals surface area (Å²) in [6, 6.07) is 3.17. The summed E-state index contributed by atoms with van der Waals surface area (Å²) >= 11 is 0. The average molecular weight is 249 g/mol. The fourth-order valence-electron chi connectivity index (χ4n) is 1.70.